The summed E-state index contributed by atoms with van der Waals surface area (Å²) in [5.41, 5.74) is 16.6. The van der Waals surface area contributed by atoms with Gasteiger partial charge < -0.3 is 4.74 Å². The third kappa shape index (κ3) is 3.59. The summed E-state index contributed by atoms with van der Waals surface area (Å²) in [6.45, 7) is 26.8. The van der Waals surface area contributed by atoms with E-state index in [2.05, 4.69) is 83.1 Å². The smallest absolute Gasteiger partial charge is 0.0810 e. The number of benzene rings is 2. The van der Waals surface area contributed by atoms with Gasteiger partial charge in [0, 0.05) is 0 Å². The van der Waals surface area contributed by atoms with Gasteiger partial charge in [0.15, 0.2) is 0 Å². The van der Waals surface area contributed by atoms with Crippen molar-refractivity contribution in [3.05, 3.63) is 66.8 Å². The summed E-state index contributed by atoms with van der Waals surface area (Å²) in [5.74, 6) is 0. The molecule has 27 heavy (non-hydrogen) atoms. The van der Waals surface area contributed by atoms with Crippen LogP contribution in [0, 0.1) is 69.2 Å². The van der Waals surface area contributed by atoms with Crippen molar-refractivity contribution in [2.45, 2.75) is 95.3 Å². The Balaban J connectivity index is 2.48. The second-order valence-corrected chi connectivity index (χ2v) is 8.50. The van der Waals surface area contributed by atoms with Gasteiger partial charge in [-0.05, 0) is 150 Å². The van der Waals surface area contributed by atoms with Crippen LogP contribution < -0.4 is 0 Å². The minimum absolute atomic E-state index is 0.0683. The second-order valence-electron chi connectivity index (χ2n) is 8.50. The summed E-state index contributed by atoms with van der Waals surface area (Å²) < 4.78 is 6.65. The molecule has 2 atom stereocenters. The Morgan fingerprint density at radius 1 is 0.370 bits per heavy atom. The maximum atomic E-state index is 6.65. The Morgan fingerprint density at radius 2 is 0.556 bits per heavy atom. The summed E-state index contributed by atoms with van der Waals surface area (Å²) in [7, 11) is 0. The summed E-state index contributed by atoms with van der Waals surface area (Å²) in [4.78, 5) is 0. The lowest BCUT2D eigenvalue weighted by Crippen LogP contribution is -2.14. The van der Waals surface area contributed by atoms with Gasteiger partial charge in [0.1, 0.15) is 0 Å². The molecule has 0 aliphatic carbocycles. The fourth-order valence-corrected chi connectivity index (χ4v) is 4.72. The Bertz CT molecular complexity index is 755. The van der Waals surface area contributed by atoms with Crippen LogP contribution in [0.1, 0.15) is 92.8 Å². The van der Waals surface area contributed by atoms with Crippen molar-refractivity contribution in [2.75, 3.05) is 0 Å². The summed E-state index contributed by atoms with van der Waals surface area (Å²) in [6.07, 6.45) is 0.137. The Hall–Kier alpha value is -1.60. The largest absolute Gasteiger partial charge is 0.366 e. The number of rotatable bonds is 4. The van der Waals surface area contributed by atoms with Crippen molar-refractivity contribution in [3.63, 3.8) is 0 Å². The van der Waals surface area contributed by atoms with Gasteiger partial charge >= 0.3 is 0 Å². The standard InChI is InChI=1S/C26H38O/c1-13-15(3)19(7)25(20(8)16(13)4)23(11)27-24(12)26-21(9)17(5)14(2)18(6)22(26)10/h23-24H,1-12H3. The lowest BCUT2D eigenvalue weighted by atomic mass is 9.86. The molecule has 0 heterocycles. The highest BCUT2D eigenvalue weighted by atomic mass is 16.5. The molecule has 0 saturated carbocycles. The Kier molecular flexibility index (Phi) is 6.26. The number of ether oxygens (including phenoxy) is 1. The molecule has 0 spiro atoms. The molecule has 0 aliphatic rings. The Labute approximate surface area is 167 Å². The van der Waals surface area contributed by atoms with Crippen molar-refractivity contribution in [1.29, 1.82) is 0 Å². The molecule has 0 N–H and O–H groups in total. The third-order valence-electron chi connectivity index (χ3n) is 7.34. The molecule has 0 saturated heterocycles. The predicted octanol–water partition coefficient (Wildman–Crippen LogP) is 7.61. The topological polar surface area (TPSA) is 9.23 Å². The highest BCUT2D eigenvalue weighted by Crippen LogP contribution is 2.37. The molecule has 148 valence electrons. The fraction of sp³-hybridized carbons (Fsp3) is 0.538. The van der Waals surface area contributed by atoms with Crippen LogP contribution in [0.3, 0.4) is 0 Å². The lowest BCUT2D eigenvalue weighted by molar-refractivity contribution is 0.00446. The van der Waals surface area contributed by atoms with Crippen LogP contribution in [0.25, 0.3) is 0 Å². The molecule has 1 heteroatoms. The van der Waals surface area contributed by atoms with Crippen LogP contribution in [0.15, 0.2) is 0 Å². The third-order valence-corrected chi connectivity index (χ3v) is 7.34. The monoisotopic (exact) mass is 366 g/mol. The first kappa shape index (κ1) is 21.7. The van der Waals surface area contributed by atoms with Gasteiger partial charge in [-0.25, -0.2) is 0 Å². The SMILES string of the molecule is Cc1c(C)c(C)c(C(C)OC(C)c2c(C)c(C)c(C)c(C)c2C)c(C)c1C. The zero-order chi connectivity index (χ0) is 20.8. The molecule has 2 rings (SSSR count). The predicted molar refractivity (Wildman–Crippen MR) is 118 cm³/mol. The minimum atomic E-state index is 0.0683. The molecule has 0 amide bonds. The molecule has 2 aromatic rings. The lowest BCUT2D eigenvalue weighted by Gasteiger charge is -2.29. The minimum Gasteiger partial charge on any atom is -0.366 e. The maximum Gasteiger partial charge on any atom is 0.0810 e. The van der Waals surface area contributed by atoms with E-state index in [0.717, 1.165) is 0 Å². The van der Waals surface area contributed by atoms with Crippen LogP contribution >= 0.6 is 0 Å². The van der Waals surface area contributed by atoms with Crippen LogP contribution in [0.2, 0.25) is 0 Å². The first-order valence-electron chi connectivity index (χ1n) is 10.2. The van der Waals surface area contributed by atoms with Gasteiger partial charge in [-0.1, -0.05) is 0 Å². The first-order chi connectivity index (χ1) is 12.4. The highest BCUT2D eigenvalue weighted by Gasteiger charge is 2.23. The Morgan fingerprint density at radius 3 is 0.778 bits per heavy atom. The van der Waals surface area contributed by atoms with Gasteiger partial charge in [-0.2, -0.15) is 0 Å². The molecular weight excluding hydrogens is 328 g/mol. The molecule has 0 radical (unpaired) electrons. The summed E-state index contributed by atoms with van der Waals surface area (Å²) in [6, 6.07) is 0. The van der Waals surface area contributed by atoms with E-state index < -0.39 is 0 Å². The van der Waals surface area contributed by atoms with E-state index in [-0.39, 0.29) is 12.2 Å². The zero-order valence-corrected chi connectivity index (χ0v) is 19.6. The van der Waals surface area contributed by atoms with E-state index in [4.69, 9.17) is 4.74 Å². The van der Waals surface area contributed by atoms with Crippen molar-refractivity contribution >= 4 is 0 Å². The van der Waals surface area contributed by atoms with Crippen LogP contribution in [-0.4, -0.2) is 0 Å². The maximum absolute atomic E-state index is 6.65. The quantitative estimate of drug-likeness (QED) is 0.541. The number of hydrogen-bond donors (Lipinski definition) is 0. The van der Waals surface area contributed by atoms with E-state index in [1.54, 1.807) is 0 Å². The second kappa shape index (κ2) is 7.80. The van der Waals surface area contributed by atoms with Crippen LogP contribution in [-0.2, 0) is 4.74 Å². The average Bonchev–Trinajstić information content (AvgIpc) is 2.61. The molecule has 0 aromatic heterocycles. The van der Waals surface area contributed by atoms with Gasteiger partial charge in [0.05, 0.1) is 12.2 Å². The van der Waals surface area contributed by atoms with E-state index in [9.17, 15) is 0 Å². The number of hydrogen-bond acceptors (Lipinski definition) is 1. The molecule has 2 unspecified atom stereocenters. The highest BCUT2D eigenvalue weighted by molar-refractivity contribution is 5.51. The van der Waals surface area contributed by atoms with E-state index in [0.29, 0.717) is 0 Å². The summed E-state index contributed by atoms with van der Waals surface area (Å²) in [5, 5.41) is 0. The van der Waals surface area contributed by atoms with Gasteiger partial charge in [0.25, 0.3) is 0 Å². The summed E-state index contributed by atoms with van der Waals surface area (Å²) >= 11 is 0. The van der Waals surface area contributed by atoms with Crippen LogP contribution in [0.5, 0.6) is 0 Å². The zero-order valence-electron chi connectivity index (χ0n) is 19.6. The first-order valence-corrected chi connectivity index (χ1v) is 10.2. The van der Waals surface area contributed by atoms with Gasteiger partial charge in [-0.15, -0.1) is 0 Å². The van der Waals surface area contributed by atoms with Gasteiger partial charge in [0.2, 0.25) is 0 Å². The molecule has 1 nitrogen and oxygen atoms in total. The van der Waals surface area contributed by atoms with Crippen molar-refractivity contribution in [2.24, 2.45) is 0 Å². The van der Waals surface area contributed by atoms with E-state index in [1.807, 2.05) is 0 Å². The van der Waals surface area contributed by atoms with Crippen molar-refractivity contribution in [3.8, 4) is 0 Å². The molecule has 0 fully saturated rings. The molecule has 0 aliphatic heterocycles. The van der Waals surface area contributed by atoms with Gasteiger partial charge in [-0.3, -0.25) is 0 Å². The normalized spacial score (nSPS) is 13.8. The molecular formula is C26H38O. The average molecular weight is 367 g/mol. The fourth-order valence-electron chi connectivity index (χ4n) is 4.72. The molecule has 0 bridgehead atoms. The van der Waals surface area contributed by atoms with E-state index in [1.165, 1.54) is 66.8 Å². The van der Waals surface area contributed by atoms with E-state index >= 15 is 0 Å². The molecule has 2 aromatic carbocycles. The van der Waals surface area contributed by atoms with Crippen molar-refractivity contribution < 1.29 is 4.74 Å². The van der Waals surface area contributed by atoms with Crippen LogP contribution in [0.4, 0.5) is 0 Å². The van der Waals surface area contributed by atoms with Crippen molar-refractivity contribution in [1.82, 2.24) is 0 Å².